The van der Waals surface area contributed by atoms with E-state index in [1.807, 2.05) is 25.1 Å². The van der Waals surface area contributed by atoms with Gasteiger partial charge < -0.3 is 0 Å². The fraction of sp³-hybridized carbons (Fsp3) is 0.500. The maximum absolute atomic E-state index is 12.6. The number of fused-ring (bicyclic) bond motifs is 1. The molecule has 2 amide bonds. The van der Waals surface area contributed by atoms with Gasteiger partial charge in [-0.2, -0.15) is 0 Å². The Kier molecular flexibility index (Phi) is 3.44. The lowest BCUT2D eigenvalue weighted by atomic mass is 10.00. The SMILES string of the molecule is CCC1CC2C(=O)N(c3cccc(Br)c3C)C(=O)C2C1. The minimum atomic E-state index is -0.0918. The molecule has 2 unspecified atom stereocenters. The van der Waals surface area contributed by atoms with Crippen molar-refractivity contribution >= 4 is 33.4 Å². The minimum absolute atomic E-state index is 0.00264. The van der Waals surface area contributed by atoms with Gasteiger partial charge in [-0.1, -0.05) is 35.3 Å². The molecule has 0 spiro atoms. The van der Waals surface area contributed by atoms with Crippen molar-refractivity contribution in [2.75, 3.05) is 4.90 Å². The van der Waals surface area contributed by atoms with Gasteiger partial charge in [0.25, 0.3) is 0 Å². The van der Waals surface area contributed by atoms with E-state index in [1.54, 1.807) is 0 Å². The number of anilines is 1. The quantitative estimate of drug-likeness (QED) is 0.773. The first kappa shape index (κ1) is 13.8. The van der Waals surface area contributed by atoms with Gasteiger partial charge in [0.15, 0.2) is 0 Å². The highest BCUT2D eigenvalue weighted by Gasteiger charge is 2.52. The third-order valence-corrected chi connectivity index (χ3v) is 5.65. The van der Waals surface area contributed by atoms with Gasteiger partial charge in [0.05, 0.1) is 17.5 Å². The zero-order valence-electron chi connectivity index (χ0n) is 11.7. The van der Waals surface area contributed by atoms with Gasteiger partial charge in [0.2, 0.25) is 11.8 Å². The summed E-state index contributed by atoms with van der Waals surface area (Å²) in [6.45, 7) is 4.07. The molecule has 0 bridgehead atoms. The summed E-state index contributed by atoms with van der Waals surface area (Å²) in [6.07, 6.45) is 2.80. The number of carbonyl (C=O) groups is 2. The second-order valence-electron chi connectivity index (χ2n) is 5.85. The van der Waals surface area contributed by atoms with E-state index in [0.717, 1.165) is 35.0 Å². The van der Waals surface area contributed by atoms with Crippen molar-refractivity contribution in [3.63, 3.8) is 0 Å². The van der Waals surface area contributed by atoms with Gasteiger partial charge in [0, 0.05) is 4.47 Å². The summed E-state index contributed by atoms with van der Waals surface area (Å²) in [4.78, 5) is 26.6. The largest absolute Gasteiger partial charge is 0.274 e. The van der Waals surface area contributed by atoms with Crippen LogP contribution in [0.3, 0.4) is 0 Å². The lowest BCUT2D eigenvalue weighted by Gasteiger charge is -2.20. The highest BCUT2D eigenvalue weighted by molar-refractivity contribution is 9.10. The van der Waals surface area contributed by atoms with Gasteiger partial charge in [-0.05, 0) is 43.4 Å². The second kappa shape index (κ2) is 4.99. The van der Waals surface area contributed by atoms with Gasteiger partial charge in [-0.3, -0.25) is 9.59 Å². The third kappa shape index (κ3) is 1.93. The summed E-state index contributed by atoms with van der Waals surface area (Å²) in [5.41, 5.74) is 1.68. The normalized spacial score (nSPS) is 29.1. The van der Waals surface area contributed by atoms with Crippen molar-refractivity contribution in [2.45, 2.75) is 33.1 Å². The minimum Gasteiger partial charge on any atom is -0.274 e. The molecule has 1 aliphatic carbocycles. The molecule has 0 aromatic heterocycles. The molecule has 1 heterocycles. The molecule has 20 heavy (non-hydrogen) atoms. The van der Waals surface area contributed by atoms with Crippen molar-refractivity contribution in [1.82, 2.24) is 0 Å². The molecule has 1 aliphatic heterocycles. The summed E-state index contributed by atoms with van der Waals surface area (Å²) >= 11 is 3.47. The summed E-state index contributed by atoms with van der Waals surface area (Å²) in [6, 6.07) is 5.65. The maximum atomic E-state index is 12.6. The molecule has 2 fully saturated rings. The first-order valence-electron chi connectivity index (χ1n) is 7.17. The molecular weight excluding hydrogens is 318 g/mol. The Labute approximate surface area is 127 Å². The van der Waals surface area contributed by atoms with Crippen molar-refractivity contribution < 1.29 is 9.59 Å². The Morgan fingerprint density at radius 2 is 1.80 bits per heavy atom. The van der Waals surface area contributed by atoms with Gasteiger partial charge in [-0.25, -0.2) is 4.90 Å². The average Bonchev–Trinajstić information content (AvgIpc) is 2.95. The fourth-order valence-electron chi connectivity index (χ4n) is 3.54. The Morgan fingerprint density at radius 1 is 1.20 bits per heavy atom. The number of nitrogens with zero attached hydrogens (tertiary/aromatic N) is 1. The van der Waals surface area contributed by atoms with Crippen LogP contribution >= 0.6 is 15.9 Å². The Hall–Kier alpha value is -1.16. The van der Waals surface area contributed by atoms with Crippen LogP contribution in [0.5, 0.6) is 0 Å². The summed E-state index contributed by atoms with van der Waals surface area (Å²) in [5, 5.41) is 0. The van der Waals surface area contributed by atoms with Crippen LogP contribution in [0, 0.1) is 24.7 Å². The van der Waals surface area contributed by atoms with Gasteiger partial charge in [0.1, 0.15) is 0 Å². The monoisotopic (exact) mass is 335 g/mol. The van der Waals surface area contributed by atoms with E-state index in [2.05, 4.69) is 22.9 Å². The molecule has 2 atom stereocenters. The number of hydrogen-bond donors (Lipinski definition) is 0. The number of hydrogen-bond acceptors (Lipinski definition) is 2. The first-order valence-corrected chi connectivity index (χ1v) is 7.96. The lowest BCUT2D eigenvalue weighted by molar-refractivity contribution is -0.123. The van der Waals surface area contributed by atoms with Crippen molar-refractivity contribution in [2.24, 2.45) is 17.8 Å². The van der Waals surface area contributed by atoms with E-state index in [0.29, 0.717) is 5.92 Å². The van der Waals surface area contributed by atoms with Crippen LogP contribution in [0.25, 0.3) is 0 Å². The number of benzene rings is 1. The van der Waals surface area contributed by atoms with Crippen molar-refractivity contribution in [3.8, 4) is 0 Å². The summed E-state index contributed by atoms with van der Waals surface area (Å²) in [5.74, 6) is 0.342. The number of rotatable bonds is 2. The predicted molar refractivity (Wildman–Crippen MR) is 81.4 cm³/mol. The lowest BCUT2D eigenvalue weighted by Crippen LogP contribution is -2.32. The molecule has 0 N–H and O–H groups in total. The molecule has 3 rings (SSSR count). The molecule has 1 aromatic carbocycles. The maximum Gasteiger partial charge on any atom is 0.237 e. The standard InChI is InChI=1S/C16H18BrNO2/c1-3-10-7-11-12(8-10)16(20)18(15(11)19)14-6-4-5-13(17)9(14)2/h4-6,10-12H,3,7-8H2,1-2H3. The first-order chi connectivity index (χ1) is 9.54. The van der Waals surface area contributed by atoms with Crippen LogP contribution in [-0.2, 0) is 9.59 Å². The molecular formula is C16H18BrNO2. The summed E-state index contributed by atoms with van der Waals surface area (Å²) < 4.78 is 0.930. The van der Waals surface area contributed by atoms with Crippen molar-refractivity contribution in [3.05, 3.63) is 28.2 Å². The van der Waals surface area contributed by atoms with Crippen LogP contribution < -0.4 is 4.90 Å². The smallest absolute Gasteiger partial charge is 0.237 e. The third-order valence-electron chi connectivity index (χ3n) is 4.79. The number of carbonyl (C=O) groups excluding carboxylic acids is 2. The zero-order valence-corrected chi connectivity index (χ0v) is 13.3. The molecule has 1 aromatic rings. The zero-order chi connectivity index (χ0) is 14.4. The average molecular weight is 336 g/mol. The topological polar surface area (TPSA) is 37.4 Å². The van der Waals surface area contributed by atoms with E-state index < -0.39 is 0 Å². The van der Waals surface area contributed by atoms with Crippen LogP contribution in [0.4, 0.5) is 5.69 Å². The Morgan fingerprint density at radius 3 is 2.35 bits per heavy atom. The highest BCUT2D eigenvalue weighted by Crippen LogP contribution is 2.46. The predicted octanol–water partition coefficient (Wildman–Crippen LogP) is 3.68. The molecule has 1 saturated heterocycles. The molecule has 2 aliphatic rings. The Balaban J connectivity index is 1.96. The van der Waals surface area contributed by atoms with E-state index in [9.17, 15) is 9.59 Å². The Bertz CT molecular complexity index is 560. The van der Waals surface area contributed by atoms with Crippen LogP contribution in [0.15, 0.2) is 22.7 Å². The van der Waals surface area contributed by atoms with E-state index >= 15 is 0 Å². The van der Waals surface area contributed by atoms with Crippen molar-refractivity contribution in [1.29, 1.82) is 0 Å². The van der Waals surface area contributed by atoms with Crippen LogP contribution in [0.1, 0.15) is 31.7 Å². The van der Waals surface area contributed by atoms with E-state index in [-0.39, 0.29) is 23.7 Å². The highest BCUT2D eigenvalue weighted by atomic mass is 79.9. The molecule has 0 radical (unpaired) electrons. The van der Waals surface area contributed by atoms with Crippen LogP contribution in [-0.4, -0.2) is 11.8 Å². The molecule has 3 nitrogen and oxygen atoms in total. The number of halogens is 1. The molecule has 1 saturated carbocycles. The molecule has 106 valence electrons. The van der Waals surface area contributed by atoms with Crippen LogP contribution in [0.2, 0.25) is 0 Å². The number of imide groups is 1. The second-order valence-corrected chi connectivity index (χ2v) is 6.71. The van der Waals surface area contributed by atoms with Gasteiger partial charge >= 0.3 is 0 Å². The van der Waals surface area contributed by atoms with E-state index in [4.69, 9.17) is 0 Å². The molecule has 4 heteroatoms. The van der Waals surface area contributed by atoms with Gasteiger partial charge in [-0.15, -0.1) is 0 Å². The fourth-order valence-corrected chi connectivity index (χ4v) is 3.89. The summed E-state index contributed by atoms with van der Waals surface area (Å²) in [7, 11) is 0. The van der Waals surface area contributed by atoms with E-state index in [1.165, 1.54) is 4.90 Å². The number of amides is 2.